The van der Waals surface area contributed by atoms with Crippen LogP contribution in [0.25, 0.3) is 0 Å². The highest BCUT2D eigenvalue weighted by atomic mass is 79.9. The fraction of sp³-hybridized carbons (Fsp3) is 0.0909. The van der Waals surface area contributed by atoms with E-state index in [2.05, 4.69) is 26.2 Å². The normalized spacial score (nSPS) is 9.94. The highest BCUT2D eigenvalue weighted by Gasteiger charge is 2.10. The SMILES string of the molecule is N#Cc1ccc(NCc2cscn2)c(F)c1Br. The van der Waals surface area contributed by atoms with E-state index in [4.69, 9.17) is 5.26 Å². The van der Waals surface area contributed by atoms with Crippen LogP contribution in [0.3, 0.4) is 0 Å². The number of rotatable bonds is 3. The van der Waals surface area contributed by atoms with Crippen molar-refractivity contribution in [3.8, 4) is 6.07 Å². The Labute approximate surface area is 110 Å². The number of nitrogens with one attached hydrogen (secondary N) is 1. The minimum absolute atomic E-state index is 0.184. The molecule has 0 unspecified atom stereocenters. The van der Waals surface area contributed by atoms with E-state index in [9.17, 15) is 4.39 Å². The Morgan fingerprint density at radius 2 is 2.35 bits per heavy atom. The van der Waals surface area contributed by atoms with Crippen LogP contribution in [-0.4, -0.2) is 4.98 Å². The van der Waals surface area contributed by atoms with E-state index in [0.717, 1.165) is 5.69 Å². The first kappa shape index (κ1) is 12.0. The second-order valence-electron chi connectivity index (χ2n) is 3.23. The summed E-state index contributed by atoms with van der Waals surface area (Å²) in [5, 5.41) is 13.6. The first-order valence-electron chi connectivity index (χ1n) is 4.71. The van der Waals surface area contributed by atoms with Gasteiger partial charge in [-0.15, -0.1) is 11.3 Å². The van der Waals surface area contributed by atoms with Crippen molar-refractivity contribution in [2.75, 3.05) is 5.32 Å². The van der Waals surface area contributed by atoms with Gasteiger partial charge in [0.2, 0.25) is 0 Å². The Balaban J connectivity index is 2.17. The molecule has 1 aromatic carbocycles. The molecular weight excluding hydrogens is 305 g/mol. The van der Waals surface area contributed by atoms with Crippen LogP contribution in [0, 0.1) is 17.1 Å². The lowest BCUT2D eigenvalue weighted by atomic mass is 10.2. The number of benzene rings is 1. The molecule has 2 rings (SSSR count). The third-order valence-electron chi connectivity index (χ3n) is 2.15. The van der Waals surface area contributed by atoms with Crippen molar-refractivity contribution in [1.29, 1.82) is 5.26 Å². The van der Waals surface area contributed by atoms with Crippen LogP contribution in [0.2, 0.25) is 0 Å². The summed E-state index contributed by atoms with van der Waals surface area (Å²) >= 11 is 4.55. The lowest BCUT2D eigenvalue weighted by Gasteiger charge is -2.07. The molecule has 1 aromatic heterocycles. The van der Waals surface area contributed by atoms with Crippen LogP contribution in [0.15, 0.2) is 27.5 Å². The second kappa shape index (κ2) is 5.25. The minimum atomic E-state index is -0.459. The molecule has 0 saturated heterocycles. The van der Waals surface area contributed by atoms with Gasteiger partial charge in [-0.3, -0.25) is 0 Å². The van der Waals surface area contributed by atoms with Gasteiger partial charge in [-0.1, -0.05) is 0 Å². The first-order chi connectivity index (χ1) is 8.22. The summed E-state index contributed by atoms with van der Waals surface area (Å²) in [4.78, 5) is 4.09. The quantitative estimate of drug-likeness (QED) is 0.943. The van der Waals surface area contributed by atoms with Crippen LogP contribution in [0.4, 0.5) is 10.1 Å². The molecule has 1 N–H and O–H groups in total. The van der Waals surface area contributed by atoms with Gasteiger partial charge in [0.25, 0.3) is 0 Å². The van der Waals surface area contributed by atoms with Gasteiger partial charge in [0.05, 0.1) is 33.5 Å². The van der Waals surface area contributed by atoms with E-state index < -0.39 is 5.82 Å². The van der Waals surface area contributed by atoms with E-state index in [1.165, 1.54) is 11.3 Å². The highest BCUT2D eigenvalue weighted by molar-refractivity contribution is 9.10. The monoisotopic (exact) mass is 311 g/mol. The summed E-state index contributed by atoms with van der Waals surface area (Å²) in [5.41, 5.74) is 3.21. The molecular formula is C11H7BrFN3S. The largest absolute Gasteiger partial charge is 0.377 e. The summed E-state index contributed by atoms with van der Waals surface area (Å²) < 4.78 is 14.0. The zero-order chi connectivity index (χ0) is 12.3. The third kappa shape index (κ3) is 2.62. The highest BCUT2D eigenvalue weighted by Crippen LogP contribution is 2.26. The first-order valence-corrected chi connectivity index (χ1v) is 6.45. The van der Waals surface area contributed by atoms with E-state index in [1.807, 2.05) is 11.4 Å². The maximum atomic E-state index is 13.8. The summed E-state index contributed by atoms with van der Waals surface area (Å²) in [7, 11) is 0. The summed E-state index contributed by atoms with van der Waals surface area (Å²) in [6.07, 6.45) is 0. The van der Waals surface area contributed by atoms with E-state index >= 15 is 0 Å². The molecule has 86 valence electrons. The van der Waals surface area contributed by atoms with Gasteiger partial charge >= 0.3 is 0 Å². The molecule has 17 heavy (non-hydrogen) atoms. The lowest BCUT2D eigenvalue weighted by Crippen LogP contribution is -2.02. The number of aromatic nitrogens is 1. The molecule has 0 aliphatic carbocycles. The van der Waals surface area contributed by atoms with E-state index in [1.54, 1.807) is 17.6 Å². The fourth-order valence-electron chi connectivity index (χ4n) is 1.28. The number of hydrogen-bond donors (Lipinski definition) is 1. The van der Waals surface area contributed by atoms with Crippen molar-refractivity contribution in [2.24, 2.45) is 0 Å². The molecule has 3 nitrogen and oxygen atoms in total. The molecule has 2 aromatic rings. The van der Waals surface area contributed by atoms with Gasteiger partial charge in [-0.2, -0.15) is 5.26 Å². The Morgan fingerprint density at radius 1 is 1.53 bits per heavy atom. The standard InChI is InChI=1S/C11H7BrFN3S/c12-10-7(3-14)1-2-9(11(10)13)15-4-8-5-17-6-16-8/h1-2,5-6,15H,4H2. The maximum Gasteiger partial charge on any atom is 0.161 e. The van der Waals surface area contributed by atoms with Gasteiger partial charge in [-0.25, -0.2) is 9.37 Å². The van der Waals surface area contributed by atoms with Crippen molar-refractivity contribution < 1.29 is 4.39 Å². The molecule has 0 amide bonds. The van der Waals surface area contributed by atoms with Gasteiger partial charge in [0.1, 0.15) is 6.07 Å². The molecule has 0 fully saturated rings. The molecule has 0 radical (unpaired) electrons. The van der Waals surface area contributed by atoms with Crippen molar-refractivity contribution >= 4 is 33.0 Å². The Bertz CT molecular complexity index is 563. The Morgan fingerprint density at radius 3 is 3.00 bits per heavy atom. The smallest absolute Gasteiger partial charge is 0.161 e. The number of thiazole rings is 1. The minimum Gasteiger partial charge on any atom is -0.377 e. The van der Waals surface area contributed by atoms with Crippen molar-refractivity contribution in [3.63, 3.8) is 0 Å². The molecule has 0 bridgehead atoms. The van der Waals surface area contributed by atoms with Crippen molar-refractivity contribution in [1.82, 2.24) is 4.98 Å². The predicted octanol–water partition coefficient (Wildman–Crippen LogP) is 3.53. The van der Waals surface area contributed by atoms with Gasteiger partial charge < -0.3 is 5.32 Å². The molecule has 6 heteroatoms. The van der Waals surface area contributed by atoms with Crippen LogP contribution < -0.4 is 5.32 Å². The molecule has 0 aliphatic heterocycles. The molecule has 0 saturated carbocycles. The number of nitrogens with zero attached hydrogens (tertiary/aromatic N) is 2. The van der Waals surface area contributed by atoms with E-state index in [0.29, 0.717) is 12.2 Å². The van der Waals surface area contributed by atoms with Crippen LogP contribution in [0.5, 0.6) is 0 Å². The number of hydrogen-bond acceptors (Lipinski definition) is 4. The Kier molecular flexibility index (Phi) is 3.71. The van der Waals surface area contributed by atoms with Crippen LogP contribution >= 0.6 is 27.3 Å². The molecule has 0 aliphatic rings. The molecule has 1 heterocycles. The van der Waals surface area contributed by atoms with Gasteiger partial charge in [0, 0.05) is 5.38 Å². The van der Waals surface area contributed by atoms with E-state index in [-0.39, 0.29) is 10.0 Å². The number of halogens is 2. The van der Waals surface area contributed by atoms with Crippen LogP contribution in [0.1, 0.15) is 11.3 Å². The predicted molar refractivity (Wildman–Crippen MR) is 68.3 cm³/mol. The molecule has 0 atom stereocenters. The zero-order valence-electron chi connectivity index (χ0n) is 8.58. The number of anilines is 1. The number of nitriles is 1. The summed E-state index contributed by atoms with van der Waals surface area (Å²) in [5.74, 6) is -0.459. The topological polar surface area (TPSA) is 48.7 Å². The maximum absolute atomic E-state index is 13.8. The zero-order valence-corrected chi connectivity index (χ0v) is 11.0. The third-order valence-corrected chi connectivity index (χ3v) is 3.56. The van der Waals surface area contributed by atoms with Gasteiger partial charge in [0.15, 0.2) is 5.82 Å². The van der Waals surface area contributed by atoms with Crippen molar-refractivity contribution in [3.05, 3.63) is 44.6 Å². The van der Waals surface area contributed by atoms with Gasteiger partial charge in [-0.05, 0) is 28.1 Å². The lowest BCUT2D eigenvalue weighted by molar-refractivity contribution is 0.623. The second-order valence-corrected chi connectivity index (χ2v) is 4.75. The fourth-order valence-corrected chi connectivity index (χ4v) is 2.28. The average molecular weight is 312 g/mol. The summed E-state index contributed by atoms with van der Waals surface area (Å²) in [6.45, 7) is 0.457. The van der Waals surface area contributed by atoms with Crippen molar-refractivity contribution in [2.45, 2.75) is 6.54 Å². The Hall–Kier alpha value is -1.45. The van der Waals surface area contributed by atoms with Crippen LogP contribution in [-0.2, 0) is 6.54 Å². The summed E-state index contributed by atoms with van der Waals surface area (Å²) in [6, 6.07) is 5.02. The molecule has 0 spiro atoms. The average Bonchev–Trinajstić information content (AvgIpc) is 2.84.